The Morgan fingerprint density at radius 1 is 1.32 bits per heavy atom. The van der Waals surface area contributed by atoms with E-state index < -0.39 is 6.04 Å². The highest BCUT2D eigenvalue weighted by Crippen LogP contribution is 2.13. The van der Waals surface area contributed by atoms with Crippen LogP contribution in [0.5, 0.6) is 0 Å². The number of nitrogens with one attached hydrogen (secondary N) is 1. The van der Waals surface area contributed by atoms with Gasteiger partial charge in [0.15, 0.2) is 0 Å². The Bertz CT molecular complexity index is 789. The van der Waals surface area contributed by atoms with Crippen molar-refractivity contribution in [3.63, 3.8) is 0 Å². The number of amides is 2. The Hall–Kier alpha value is -2.67. The molecule has 1 saturated heterocycles. The van der Waals surface area contributed by atoms with Gasteiger partial charge in [-0.3, -0.25) is 14.5 Å². The number of aromatic nitrogens is 2. The largest absolute Gasteiger partial charge is 0.353 e. The number of carbonyl (C=O) groups is 2. The molecular formula is C21H29N5O2. The minimum atomic E-state index is -0.402. The fraction of sp³-hybridized carbons (Fsp3) is 0.476. The first-order valence-electron chi connectivity index (χ1n) is 9.80. The van der Waals surface area contributed by atoms with E-state index in [9.17, 15) is 9.59 Å². The van der Waals surface area contributed by atoms with Crippen LogP contribution in [-0.4, -0.2) is 63.9 Å². The SMILES string of the molecule is CN(Cc1nccn1C)C(=O)C[C@@H]1C(=O)NCCN1CCCc1ccccc1. The summed E-state index contributed by atoms with van der Waals surface area (Å²) in [5, 5.41) is 2.90. The summed E-state index contributed by atoms with van der Waals surface area (Å²) in [5.74, 6) is 0.728. The van der Waals surface area contributed by atoms with E-state index >= 15 is 0 Å². The van der Waals surface area contributed by atoms with Crippen molar-refractivity contribution in [2.45, 2.75) is 31.8 Å². The summed E-state index contributed by atoms with van der Waals surface area (Å²) in [6, 6.07) is 9.94. The van der Waals surface area contributed by atoms with Gasteiger partial charge in [0, 0.05) is 39.6 Å². The predicted octanol–water partition coefficient (Wildman–Crippen LogP) is 1.20. The Morgan fingerprint density at radius 2 is 2.11 bits per heavy atom. The average Bonchev–Trinajstić information content (AvgIpc) is 3.09. The number of carbonyl (C=O) groups excluding carboxylic acids is 2. The standard InChI is InChI=1S/C21H29N5O2/c1-24-13-10-22-19(24)16-25(2)20(27)15-18-21(28)23-11-14-26(18)12-6-9-17-7-4-3-5-8-17/h3-5,7-8,10,13,18H,6,9,11-12,14-16H2,1-2H3,(H,23,28)/t18-/m1/s1. The smallest absolute Gasteiger partial charge is 0.237 e. The van der Waals surface area contributed by atoms with Crippen LogP contribution in [0, 0.1) is 0 Å². The zero-order valence-electron chi connectivity index (χ0n) is 16.7. The van der Waals surface area contributed by atoms with Gasteiger partial charge in [-0.1, -0.05) is 30.3 Å². The fourth-order valence-corrected chi connectivity index (χ4v) is 3.55. The lowest BCUT2D eigenvalue weighted by Gasteiger charge is -2.35. The van der Waals surface area contributed by atoms with Crippen LogP contribution in [0.15, 0.2) is 42.7 Å². The van der Waals surface area contributed by atoms with Gasteiger partial charge in [-0.25, -0.2) is 4.98 Å². The summed E-state index contributed by atoms with van der Waals surface area (Å²) in [5.41, 5.74) is 1.30. The molecule has 3 rings (SSSR count). The molecule has 7 heteroatoms. The number of nitrogens with zero attached hydrogens (tertiary/aromatic N) is 4. The monoisotopic (exact) mass is 383 g/mol. The van der Waals surface area contributed by atoms with Gasteiger partial charge < -0.3 is 14.8 Å². The molecule has 2 heterocycles. The van der Waals surface area contributed by atoms with E-state index in [4.69, 9.17) is 0 Å². The maximum Gasteiger partial charge on any atom is 0.237 e. The lowest BCUT2D eigenvalue weighted by molar-refractivity contribution is -0.138. The molecule has 2 amide bonds. The van der Waals surface area contributed by atoms with Crippen LogP contribution in [0.2, 0.25) is 0 Å². The number of benzene rings is 1. The van der Waals surface area contributed by atoms with E-state index in [1.54, 1.807) is 18.1 Å². The molecular weight excluding hydrogens is 354 g/mol. The molecule has 7 nitrogen and oxygen atoms in total. The number of aryl methyl sites for hydroxylation is 2. The zero-order valence-corrected chi connectivity index (χ0v) is 16.7. The molecule has 1 fully saturated rings. The first kappa shape index (κ1) is 20.1. The van der Waals surface area contributed by atoms with Crippen LogP contribution in [0.1, 0.15) is 24.2 Å². The number of hydrogen-bond acceptors (Lipinski definition) is 4. The molecule has 0 aliphatic carbocycles. The Kier molecular flexibility index (Phi) is 6.81. The van der Waals surface area contributed by atoms with E-state index in [0.717, 1.165) is 31.8 Å². The van der Waals surface area contributed by atoms with Crippen LogP contribution in [0.3, 0.4) is 0 Å². The topological polar surface area (TPSA) is 70.5 Å². The number of hydrogen-bond donors (Lipinski definition) is 1. The first-order chi connectivity index (χ1) is 13.5. The third-order valence-corrected chi connectivity index (χ3v) is 5.29. The normalized spacial score (nSPS) is 17.4. The third kappa shape index (κ3) is 5.19. The van der Waals surface area contributed by atoms with Gasteiger partial charge in [0.25, 0.3) is 0 Å². The number of rotatable bonds is 8. The summed E-state index contributed by atoms with van der Waals surface area (Å²) in [7, 11) is 3.67. The van der Waals surface area contributed by atoms with Gasteiger partial charge in [0.1, 0.15) is 5.82 Å². The van der Waals surface area contributed by atoms with Crippen molar-refractivity contribution in [3.05, 3.63) is 54.1 Å². The highest BCUT2D eigenvalue weighted by atomic mass is 16.2. The second-order valence-corrected chi connectivity index (χ2v) is 7.34. The van der Waals surface area contributed by atoms with Crippen molar-refractivity contribution in [2.75, 3.05) is 26.7 Å². The van der Waals surface area contributed by atoms with Crippen molar-refractivity contribution in [2.24, 2.45) is 7.05 Å². The first-order valence-corrected chi connectivity index (χ1v) is 9.80. The highest BCUT2D eigenvalue weighted by Gasteiger charge is 2.32. The van der Waals surface area contributed by atoms with Gasteiger partial charge in [0.05, 0.1) is 19.0 Å². The maximum absolute atomic E-state index is 12.7. The minimum absolute atomic E-state index is 0.0434. The molecule has 0 spiro atoms. The van der Waals surface area contributed by atoms with Gasteiger partial charge in [0.2, 0.25) is 11.8 Å². The van der Waals surface area contributed by atoms with Crippen LogP contribution in [-0.2, 0) is 29.6 Å². The van der Waals surface area contributed by atoms with Crippen LogP contribution >= 0.6 is 0 Å². The predicted molar refractivity (Wildman–Crippen MR) is 107 cm³/mol. The summed E-state index contributed by atoms with van der Waals surface area (Å²) in [6.45, 7) is 2.66. The minimum Gasteiger partial charge on any atom is -0.353 e. The molecule has 1 aliphatic rings. The third-order valence-electron chi connectivity index (χ3n) is 5.29. The number of piperazine rings is 1. The van der Waals surface area contributed by atoms with Gasteiger partial charge >= 0.3 is 0 Å². The molecule has 0 unspecified atom stereocenters. The van der Waals surface area contributed by atoms with E-state index in [1.807, 2.05) is 36.0 Å². The van der Waals surface area contributed by atoms with Crippen LogP contribution in [0.25, 0.3) is 0 Å². The summed E-state index contributed by atoms with van der Waals surface area (Å²) in [4.78, 5) is 33.2. The molecule has 0 radical (unpaired) electrons. The van der Waals surface area contributed by atoms with E-state index in [0.29, 0.717) is 13.1 Å². The molecule has 1 aromatic carbocycles. The molecule has 2 aromatic rings. The van der Waals surface area contributed by atoms with Crippen molar-refractivity contribution in [1.82, 2.24) is 24.7 Å². The summed E-state index contributed by atoms with van der Waals surface area (Å²) >= 11 is 0. The molecule has 0 bridgehead atoms. The quantitative estimate of drug-likeness (QED) is 0.744. The Balaban J connectivity index is 1.54. The van der Waals surface area contributed by atoms with Gasteiger partial charge in [-0.2, -0.15) is 0 Å². The Labute approximate surface area is 166 Å². The molecule has 1 N–H and O–H groups in total. The van der Waals surface area contributed by atoms with Crippen LogP contribution < -0.4 is 5.32 Å². The molecule has 0 saturated carbocycles. The van der Waals surface area contributed by atoms with E-state index in [-0.39, 0.29) is 18.2 Å². The molecule has 28 heavy (non-hydrogen) atoms. The van der Waals surface area contributed by atoms with Crippen LogP contribution in [0.4, 0.5) is 0 Å². The zero-order chi connectivity index (χ0) is 19.9. The maximum atomic E-state index is 12.7. The lowest BCUT2D eigenvalue weighted by atomic mass is 10.1. The van der Waals surface area contributed by atoms with Crippen molar-refractivity contribution in [3.8, 4) is 0 Å². The highest BCUT2D eigenvalue weighted by molar-refractivity contribution is 5.88. The summed E-state index contributed by atoms with van der Waals surface area (Å²) in [6.07, 6.45) is 5.70. The molecule has 1 atom stereocenters. The molecule has 150 valence electrons. The lowest BCUT2D eigenvalue weighted by Crippen LogP contribution is -2.56. The average molecular weight is 383 g/mol. The molecule has 1 aliphatic heterocycles. The van der Waals surface area contributed by atoms with Gasteiger partial charge in [-0.15, -0.1) is 0 Å². The van der Waals surface area contributed by atoms with Crippen molar-refractivity contribution >= 4 is 11.8 Å². The fourth-order valence-electron chi connectivity index (χ4n) is 3.55. The van der Waals surface area contributed by atoms with Crippen molar-refractivity contribution in [1.29, 1.82) is 0 Å². The van der Waals surface area contributed by atoms with Crippen molar-refractivity contribution < 1.29 is 9.59 Å². The van der Waals surface area contributed by atoms with E-state index in [2.05, 4.69) is 27.3 Å². The van der Waals surface area contributed by atoms with Gasteiger partial charge in [-0.05, 0) is 24.9 Å². The molecule has 1 aromatic heterocycles. The summed E-state index contributed by atoms with van der Waals surface area (Å²) < 4.78 is 1.90. The number of imidazole rings is 1. The second-order valence-electron chi connectivity index (χ2n) is 7.34. The Morgan fingerprint density at radius 3 is 2.82 bits per heavy atom. The second kappa shape index (κ2) is 9.50. The van der Waals surface area contributed by atoms with E-state index in [1.165, 1.54) is 5.56 Å².